The maximum absolute atomic E-state index is 13.6. The van der Waals surface area contributed by atoms with Gasteiger partial charge in [-0.15, -0.1) is 0 Å². The highest BCUT2D eigenvalue weighted by Gasteiger charge is 2.36. The van der Waals surface area contributed by atoms with E-state index in [1.807, 2.05) is 4.90 Å². The van der Waals surface area contributed by atoms with Crippen LogP contribution in [0.5, 0.6) is 0 Å². The molecule has 0 spiro atoms. The smallest absolute Gasteiger partial charge is 0.394 e. The Hall–Kier alpha value is -2.89. The summed E-state index contributed by atoms with van der Waals surface area (Å²) < 4.78 is 40.9. The average molecular weight is 539 g/mol. The molecule has 4 rings (SSSR count). The first kappa shape index (κ1) is 27.2. The van der Waals surface area contributed by atoms with Crippen molar-refractivity contribution < 1.29 is 23.1 Å². The minimum atomic E-state index is -4.58. The molecule has 12 heteroatoms. The predicted molar refractivity (Wildman–Crippen MR) is 136 cm³/mol. The Morgan fingerprint density at radius 2 is 2.08 bits per heavy atom. The number of piperazine rings is 1. The molecule has 4 N–H and O–H groups in total. The van der Waals surface area contributed by atoms with Crippen molar-refractivity contribution in [2.75, 3.05) is 43.0 Å². The molecule has 2 heterocycles. The number of halogens is 4. The first-order valence-corrected chi connectivity index (χ1v) is 12.5. The van der Waals surface area contributed by atoms with Gasteiger partial charge in [0.15, 0.2) is 0 Å². The van der Waals surface area contributed by atoms with E-state index in [9.17, 15) is 23.1 Å². The highest BCUT2D eigenvalue weighted by molar-refractivity contribution is 6.30. The summed E-state index contributed by atoms with van der Waals surface area (Å²) in [7, 11) is 0. The number of nitrogens with zero attached hydrogens (tertiary/aromatic N) is 3. The summed E-state index contributed by atoms with van der Waals surface area (Å²) in [6.45, 7) is 3.58. The molecule has 2 aromatic carbocycles. The van der Waals surface area contributed by atoms with Crippen LogP contribution in [0.3, 0.4) is 0 Å². The molecule has 1 amide bonds. The molecule has 0 aliphatic carbocycles. The van der Waals surface area contributed by atoms with Crippen LogP contribution in [0.1, 0.15) is 36.9 Å². The van der Waals surface area contributed by atoms with Gasteiger partial charge in [-0.25, -0.2) is 5.53 Å². The summed E-state index contributed by atoms with van der Waals surface area (Å²) in [5.41, 5.74) is 8.14. The van der Waals surface area contributed by atoms with Gasteiger partial charge >= 0.3 is 6.18 Å². The quantitative estimate of drug-likeness (QED) is 0.373. The fraction of sp³-hybridized carbons (Fsp3) is 0.480. The number of aliphatic hydroxyl groups is 1. The van der Waals surface area contributed by atoms with Crippen LogP contribution in [0.25, 0.3) is 0 Å². The lowest BCUT2D eigenvalue weighted by atomic mass is 10.0. The summed E-state index contributed by atoms with van der Waals surface area (Å²) in [6, 6.07) is 7.42. The number of benzene rings is 2. The van der Waals surface area contributed by atoms with Gasteiger partial charge in [0.1, 0.15) is 5.69 Å². The number of hydrogen-bond acceptors (Lipinski definition) is 7. The van der Waals surface area contributed by atoms with Gasteiger partial charge in [0.2, 0.25) is 5.91 Å². The minimum absolute atomic E-state index is 0.000770. The standard InChI is InChI=1S/C25H30ClF3N6O2/c1-15(19-6-4-16(26)11-20(19)25(27,28)29)32-23-12-17(5-7-21(23)33-30)34-9-10-35(18(13-34)14-36)24(37)22-3-2-8-31-22/h4-7,11-12,15,18,22,30-32,36H,2-3,8-10,13-14H2,1H3. The fourth-order valence-electron chi connectivity index (χ4n) is 5.03. The van der Waals surface area contributed by atoms with Gasteiger partial charge in [0.05, 0.1) is 29.9 Å². The first-order valence-electron chi connectivity index (χ1n) is 12.2. The highest BCUT2D eigenvalue weighted by Crippen LogP contribution is 2.39. The number of anilines is 2. The Kier molecular flexibility index (Phi) is 8.25. The molecule has 3 unspecified atom stereocenters. The summed E-state index contributed by atoms with van der Waals surface area (Å²) in [5.74, 6) is -0.000770. The predicted octanol–water partition coefficient (Wildman–Crippen LogP) is 4.96. The second-order valence-corrected chi connectivity index (χ2v) is 9.81. The summed E-state index contributed by atoms with van der Waals surface area (Å²) in [5, 5.41) is 19.8. The van der Waals surface area contributed by atoms with E-state index in [2.05, 4.69) is 15.7 Å². The van der Waals surface area contributed by atoms with E-state index in [0.29, 0.717) is 25.3 Å². The molecule has 8 nitrogen and oxygen atoms in total. The zero-order valence-corrected chi connectivity index (χ0v) is 21.1. The molecule has 0 bridgehead atoms. The summed E-state index contributed by atoms with van der Waals surface area (Å²) >= 11 is 5.82. The third-order valence-electron chi connectivity index (χ3n) is 6.96. The van der Waals surface area contributed by atoms with Crippen molar-refractivity contribution in [2.45, 2.75) is 44.1 Å². The van der Waals surface area contributed by atoms with Gasteiger partial charge in [-0.2, -0.15) is 18.3 Å². The second kappa shape index (κ2) is 11.2. The van der Waals surface area contributed by atoms with Crippen molar-refractivity contribution in [1.29, 1.82) is 5.53 Å². The first-order chi connectivity index (χ1) is 17.6. The van der Waals surface area contributed by atoms with Gasteiger partial charge in [-0.05, 0) is 62.2 Å². The zero-order valence-electron chi connectivity index (χ0n) is 20.4. The maximum atomic E-state index is 13.6. The summed E-state index contributed by atoms with van der Waals surface area (Å²) in [6.07, 6.45) is -2.85. The lowest BCUT2D eigenvalue weighted by Crippen LogP contribution is -2.59. The van der Waals surface area contributed by atoms with Crippen LogP contribution in [0.2, 0.25) is 5.02 Å². The molecule has 0 saturated carbocycles. The van der Waals surface area contributed by atoms with Crippen molar-refractivity contribution in [3.05, 3.63) is 52.5 Å². The second-order valence-electron chi connectivity index (χ2n) is 9.37. The van der Waals surface area contributed by atoms with Crippen LogP contribution >= 0.6 is 11.6 Å². The normalized spacial score (nSPS) is 21.1. The fourth-order valence-corrected chi connectivity index (χ4v) is 5.20. The molecule has 200 valence electrons. The molecule has 2 aromatic rings. The van der Waals surface area contributed by atoms with Crippen molar-refractivity contribution in [3.63, 3.8) is 0 Å². The van der Waals surface area contributed by atoms with Crippen molar-refractivity contribution >= 4 is 34.6 Å². The Morgan fingerprint density at radius 3 is 2.73 bits per heavy atom. The number of nitrogens with one attached hydrogen (secondary N) is 3. The van der Waals surface area contributed by atoms with Crippen LogP contribution in [0.4, 0.5) is 30.2 Å². The molecule has 2 saturated heterocycles. The molecule has 0 aromatic heterocycles. The van der Waals surface area contributed by atoms with Gasteiger partial charge in [0, 0.05) is 36.4 Å². The summed E-state index contributed by atoms with van der Waals surface area (Å²) in [4.78, 5) is 16.7. The number of carbonyl (C=O) groups excluding carboxylic acids is 1. The number of rotatable bonds is 7. The largest absolute Gasteiger partial charge is 0.416 e. The molecule has 0 radical (unpaired) electrons. The third-order valence-corrected chi connectivity index (χ3v) is 7.20. The maximum Gasteiger partial charge on any atom is 0.416 e. The number of alkyl halides is 3. The van der Waals surface area contributed by atoms with E-state index < -0.39 is 17.8 Å². The van der Waals surface area contributed by atoms with Crippen LogP contribution < -0.4 is 15.5 Å². The lowest BCUT2D eigenvalue weighted by molar-refractivity contribution is -0.138. The molecule has 2 fully saturated rings. The van der Waals surface area contributed by atoms with E-state index in [-0.39, 0.29) is 40.9 Å². The lowest BCUT2D eigenvalue weighted by Gasteiger charge is -2.42. The van der Waals surface area contributed by atoms with Crippen molar-refractivity contribution in [3.8, 4) is 0 Å². The van der Waals surface area contributed by atoms with Crippen LogP contribution in [-0.4, -0.2) is 60.8 Å². The Bertz CT molecular complexity index is 1140. The molecule has 2 aliphatic rings. The van der Waals surface area contributed by atoms with E-state index in [4.69, 9.17) is 17.1 Å². The van der Waals surface area contributed by atoms with E-state index in [1.54, 1.807) is 30.0 Å². The van der Waals surface area contributed by atoms with Gasteiger partial charge < -0.3 is 25.5 Å². The van der Waals surface area contributed by atoms with Gasteiger partial charge in [-0.1, -0.05) is 17.7 Å². The number of amides is 1. The number of carbonyl (C=O) groups is 1. The Morgan fingerprint density at radius 1 is 1.30 bits per heavy atom. The number of hydrogen-bond donors (Lipinski definition) is 4. The van der Waals surface area contributed by atoms with Gasteiger partial charge in [0.25, 0.3) is 0 Å². The highest BCUT2D eigenvalue weighted by atomic mass is 35.5. The SMILES string of the molecule is CC(Nc1cc(N2CCN(C(=O)C3CCCN3)C(CO)C2)ccc1N=N)c1ccc(Cl)cc1C(F)(F)F. The van der Waals surface area contributed by atoms with Gasteiger partial charge in [-0.3, -0.25) is 4.79 Å². The van der Waals surface area contributed by atoms with E-state index in [1.165, 1.54) is 12.1 Å². The van der Waals surface area contributed by atoms with Crippen molar-refractivity contribution in [1.82, 2.24) is 10.2 Å². The molecular formula is C25H30ClF3N6O2. The van der Waals surface area contributed by atoms with E-state index >= 15 is 0 Å². The van der Waals surface area contributed by atoms with Crippen molar-refractivity contribution in [2.24, 2.45) is 5.11 Å². The minimum Gasteiger partial charge on any atom is -0.394 e. The Balaban J connectivity index is 1.54. The van der Waals surface area contributed by atoms with Crippen LogP contribution in [-0.2, 0) is 11.0 Å². The zero-order chi connectivity index (χ0) is 26.7. The molecular weight excluding hydrogens is 509 g/mol. The topological polar surface area (TPSA) is 104 Å². The molecule has 2 aliphatic heterocycles. The average Bonchev–Trinajstić information content (AvgIpc) is 3.42. The monoisotopic (exact) mass is 538 g/mol. The molecule has 3 atom stereocenters. The Labute approximate surface area is 218 Å². The third kappa shape index (κ3) is 6.00. The van der Waals surface area contributed by atoms with E-state index in [0.717, 1.165) is 31.1 Å². The number of aliphatic hydroxyl groups excluding tert-OH is 1. The van der Waals surface area contributed by atoms with Crippen LogP contribution in [0.15, 0.2) is 41.5 Å². The molecule has 37 heavy (non-hydrogen) atoms. The van der Waals surface area contributed by atoms with Crippen LogP contribution in [0, 0.1) is 5.53 Å².